The van der Waals surface area contributed by atoms with Gasteiger partial charge in [0.25, 0.3) is 0 Å². The average Bonchev–Trinajstić information content (AvgIpc) is 2.34. The van der Waals surface area contributed by atoms with E-state index in [4.69, 9.17) is 4.74 Å². The van der Waals surface area contributed by atoms with Crippen LogP contribution in [0.5, 0.6) is 0 Å². The number of aromatic nitrogens is 1. The zero-order valence-electron chi connectivity index (χ0n) is 9.23. The van der Waals surface area contributed by atoms with Crippen molar-refractivity contribution in [2.45, 2.75) is 6.54 Å². The molecule has 1 heterocycles. The molecule has 0 bridgehead atoms. The minimum atomic E-state index is 0.0442. The van der Waals surface area contributed by atoms with Crippen molar-refractivity contribution >= 4 is 21.8 Å². The molecule has 0 N–H and O–H groups in total. The van der Waals surface area contributed by atoms with Crippen LogP contribution in [0.4, 0.5) is 0 Å². The number of nitrogens with zero attached hydrogens (tertiary/aromatic N) is 2. The van der Waals surface area contributed by atoms with Crippen molar-refractivity contribution in [2.24, 2.45) is 0 Å². The SMILES string of the molecule is COCCN(Cc1ccccn1)C(=O)CBr. The first-order valence-corrected chi connectivity index (χ1v) is 6.12. The first-order valence-electron chi connectivity index (χ1n) is 5.00. The molecule has 0 radical (unpaired) electrons. The summed E-state index contributed by atoms with van der Waals surface area (Å²) in [6, 6.07) is 5.67. The van der Waals surface area contributed by atoms with Gasteiger partial charge in [0, 0.05) is 19.9 Å². The molecule has 0 aliphatic carbocycles. The van der Waals surface area contributed by atoms with Crippen molar-refractivity contribution in [1.29, 1.82) is 0 Å². The van der Waals surface area contributed by atoms with Gasteiger partial charge >= 0.3 is 0 Å². The number of carbonyl (C=O) groups excluding carboxylic acids is 1. The van der Waals surface area contributed by atoms with Crippen LogP contribution in [0.25, 0.3) is 0 Å². The van der Waals surface area contributed by atoms with Crippen LogP contribution < -0.4 is 0 Å². The lowest BCUT2D eigenvalue weighted by Gasteiger charge is -2.20. The van der Waals surface area contributed by atoms with Crippen LogP contribution in [0.2, 0.25) is 0 Å². The molecule has 1 rings (SSSR count). The van der Waals surface area contributed by atoms with Crippen LogP contribution in [-0.2, 0) is 16.1 Å². The number of hydrogen-bond acceptors (Lipinski definition) is 3. The van der Waals surface area contributed by atoms with Crippen LogP contribution in [-0.4, -0.2) is 41.4 Å². The molecule has 0 aliphatic heterocycles. The van der Waals surface area contributed by atoms with Crippen molar-refractivity contribution in [3.8, 4) is 0 Å². The first kappa shape index (κ1) is 13.1. The van der Waals surface area contributed by atoms with Gasteiger partial charge in [-0.2, -0.15) is 0 Å². The Hall–Kier alpha value is -0.940. The van der Waals surface area contributed by atoms with E-state index in [1.807, 2.05) is 18.2 Å². The molecular formula is C11H15BrN2O2. The molecule has 0 atom stereocenters. The molecule has 0 aliphatic rings. The number of amides is 1. The zero-order valence-corrected chi connectivity index (χ0v) is 10.8. The van der Waals surface area contributed by atoms with E-state index in [0.717, 1.165) is 5.69 Å². The first-order chi connectivity index (χ1) is 7.77. The van der Waals surface area contributed by atoms with E-state index < -0.39 is 0 Å². The second-order valence-electron chi connectivity index (χ2n) is 3.26. The lowest BCUT2D eigenvalue weighted by molar-refractivity contribution is -0.129. The molecule has 0 aromatic carbocycles. The second-order valence-corrected chi connectivity index (χ2v) is 3.82. The standard InChI is InChI=1S/C11H15BrN2O2/c1-16-7-6-14(11(15)8-12)9-10-4-2-3-5-13-10/h2-5H,6-9H2,1H3. The third kappa shape index (κ3) is 4.28. The van der Waals surface area contributed by atoms with Gasteiger partial charge in [-0.1, -0.05) is 22.0 Å². The van der Waals surface area contributed by atoms with Crippen molar-refractivity contribution in [3.05, 3.63) is 30.1 Å². The maximum absolute atomic E-state index is 11.6. The Kier molecular flexibility index (Phi) is 6.03. The highest BCUT2D eigenvalue weighted by atomic mass is 79.9. The third-order valence-electron chi connectivity index (χ3n) is 2.11. The molecule has 0 fully saturated rings. The lowest BCUT2D eigenvalue weighted by Crippen LogP contribution is -2.34. The Labute approximate surface area is 104 Å². The van der Waals surface area contributed by atoms with Crippen LogP contribution in [0, 0.1) is 0 Å². The third-order valence-corrected chi connectivity index (χ3v) is 2.59. The number of ether oxygens (including phenoxy) is 1. The second kappa shape index (κ2) is 7.35. The van der Waals surface area contributed by atoms with Crippen LogP contribution in [0.1, 0.15) is 5.69 Å². The summed E-state index contributed by atoms with van der Waals surface area (Å²) in [6.07, 6.45) is 1.72. The van der Waals surface area contributed by atoms with Gasteiger partial charge in [0.15, 0.2) is 0 Å². The highest BCUT2D eigenvalue weighted by Crippen LogP contribution is 2.03. The minimum absolute atomic E-state index is 0.0442. The summed E-state index contributed by atoms with van der Waals surface area (Å²) in [5, 5.41) is 0.323. The quantitative estimate of drug-likeness (QED) is 0.744. The van der Waals surface area contributed by atoms with Gasteiger partial charge in [-0.15, -0.1) is 0 Å². The number of hydrogen-bond donors (Lipinski definition) is 0. The number of carbonyl (C=O) groups is 1. The fourth-order valence-corrected chi connectivity index (χ4v) is 1.62. The number of methoxy groups -OCH3 is 1. The summed E-state index contributed by atoms with van der Waals surface area (Å²) in [5.41, 5.74) is 0.882. The number of pyridine rings is 1. The summed E-state index contributed by atoms with van der Waals surface area (Å²) in [5.74, 6) is 0.0442. The molecule has 1 aromatic rings. The summed E-state index contributed by atoms with van der Waals surface area (Å²) < 4.78 is 4.98. The van der Waals surface area contributed by atoms with Crippen molar-refractivity contribution in [3.63, 3.8) is 0 Å². The van der Waals surface area contributed by atoms with E-state index in [1.54, 1.807) is 18.2 Å². The fraction of sp³-hybridized carbons (Fsp3) is 0.455. The summed E-state index contributed by atoms with van der Waals surface area (Å²) in [7, 11) is 1.62. The largest absolute Gasteiger partial charge is 0.383 e. The highest BCUT2D eigenvalue weighted by molar-refractivity contribution is 9.09. The lowest BCUT2D eigenvalue weighted by atomic mass is 10.3. The number of halogens is 1. The van der Waals surface area contributed by atoms with Crippen molar-refractivity contribution in [1.82, 2.24) is 9.88 Å². The molecule has 4 nitrogen and oxygen atoms in total. The molecule has 0 saturated heterocycles. The summed E-state index contributed by atoms with van der Waals surface area (Å²) in [4.78, 5) is 17.5. The zero-order chi connectivity index (χ0) is 11.8. The van der Waals surface area contributed by atoms with Gasteiger partial charge in [0.1, 0.15) is 0 Å². The topological polar surface area (TPSA) is 42.4 Å². The van der Waals surface area contributed by atoms with Gasteiger partial charge in [-0.25, -0.2) is 0 Å². The van der Waals surface area contributed by atoms with Crippen molar-refractivity contribution in [2.75, 3.05) is 25.6 Å². The Bertz CT molecular complexity index is 319. The van der Waals surface area contributed by atoms with E-state index in [-0.39, 0.29) is 5.91 Å². The number of rotatable bonds is 6. The normalized spacial score (nSPS) is 10.1. The Morgan fingerprint density at radius 3 is 2.94 bits per heavy atom. The van der Waals surface area contributed by atoms with E-state index in [1.165, 1.54) is 0 Å². The van der Waals surface area contributed by atoms with Gasteiger partial charge in [-0.3, -0.25) is 9.78 Å². The van der Waals surface area contributed by atoms with Gasteiger partial charge in [0.2, 0.25) is 5.91 Å². The monoisotopic (exact) mass is 286 g/mol. The van der Waals surface area contributed by atoms with Gasteiger partial charge < -0.3 is 9.64 Å². The predicted molar refractivity (Wildman–Crippen MR) is 65.3 cm³/mol. The van der Waals surface area contributed by atoms with E-state index in [9.17, 15) is 4.79 Å². The fourth-order valence-electron chi connectivity index (χ4n) is 1.27. The molecule has 16 heavy (non-hydrogen) atoms. The van der Waals surface area contributed by atoms with E-state index >= 15 is 0 Å². The molecule has 5 heteroatoms. The van der Waals surface area contributed by atoms with Gasteiger partial charge in [0.05, 0.1) is 24.2 Å². The number of alkyl halides is 1. The van der Waals surface area contributed by atoms with Crippen LogP contribution in [0.3, 0.4) is 0 Å². The molecule has 1 aromatic heterocycles. The summed E-state index contributed by atoms with van der Waals surface area (Å²) >= 11 is 3.17. The van der Waals surface area contributed by atoms with E-state index in [0.29, 0.717) is 25.0 Å². The molecule has 0 unspecified atom stereocenters. The minimum Gasteiger partial charge on any atom is -0.383 e. The molecule has 88 valence electrons. The molecule has 0 spiro atoms. The average molecular weight is 287 g/mol. The maximum atomic E-state index is 11.6. The Morgan fingerprint density at radius 1 is 1.56 bits per heavy atom. The van der Waals surface area contributed by atoms with Gasteiger partial charge in [-0.05, 0) is 12.1 Å². The molecule has 0 saturated carbocycles. The Balaban J connectivity index is 2.59. The maximum Gasteiger partial charge on any atom is 0.233 e. The highest BCUT2D eigenvalue weighted by Gasteiger charge is 2.12. The predicted octanol–water partition coefficient (Wildman–Crippen LogP) is 1.45. The van der Waals surface area contributed by atoms with Crippen molar-refractivity contribution < 1.29 is 9.53 Å². The summed E-state index contributed by atoms with van der Waals surface area (Å²) in [6.45, 7) is 1.64. The van der Waals surface area contributed by atoms with Crippen LogP contribution >= 0.6 is 15.9 Å². The smallest absolute Gasteiger partial charge is 0.233 e. The molecular weight excluding hydrogens is 272 g/mol. The van der Waals surface area contributed by atoms with E-state index in [2.05, 4.69) is 20.9 Å². The Morgan fingerprint density at radius 2 is 2.38 bits per heavy atom. The van der Waals surface area contributed by atoms with Crippen LogP contribution in [0.15, 0.2) is 24.4 Å². The molecule has 1 amide bonds.